The minimum absolute atomic E-state index is 0.0194. The van der Waals surface area contributed by atoms with Crippen LogP contribution in [-0.2, 0) is 14.6 Å². The number of amides is 1. The van der Waals surface area contributed by atoms with Gasteiger partial charge in [0.1, 0.15) is 5.75 Å². The summed E-state index contributed by atoms with van der Waals surface area (Å²) in [6.07, 6.45) is -0.341. The predicted octanol–water partition coefficient (Wildman–Crippen LogP) is 2.06. The van der Waals surface area contributed by atoms with E-state index in [1.165, 1.54) is 0 Å². The van der Waals surface area contributed by atoms with Gasteiger partial charge in [0.2, 0.25) is 0 Å². The fourth-order valence-corrected chi connectivity index (χ4v) is 4.26. The van der Waals surface area contributed by atoms with Crippen LogP contribution in [0.4, 0.5) is 0 Å². The van der Waals surface area contributed by atoms with Gasteiger partial charge < -0.3 is 10.1 Å². The fraction of sp³-hybridized carbons (Fsp3) is 0.462. The van der Waals surface area contributed by atoms with Gasteiger partial charge in [0.05, 0.1) is 11.5 Å². The van der Waals surface area contributed by atoms with Crippen molar-refractivity contribution >= 4 is 38.9 Å². The van der Waals surface area contributed by atoms with E-state index in [0.717, 1.165) is 0 Å². The van der Waals surface area contributed by atoms with Crippen LogP contribution in [-0.4, -0.2) is 38.0 Å². The molecule has 116 valence electrons. The Hall–Kier alpha value is -0.980. The molecular formula is C13H15Cl2NO4S. The van der Waals surface area contributed by atoms with Crippen LogP contribution >= 0.6 is 23.2 Å². The molecule has 1 heterocycles. The Balaban J connectivity index is 1.93. The zero-order valence-corrected chi connectivity index (χ0v) is 13.6. The molecule has 0 radical (unpaired) electrons. The summed E-state index contributed by atoms with van der Waals surface area (Å²) in [5.74, 6) is 0.105. The minimum Gasteiger partial charge on any atom is -0.481 e. The van der Waals surface area contributed by atoms with Crippen molar-refractivity contribution in [3.05, 3.63) is 28.2 Å². The molecule has 0 saturated carbocycles. The third kappa shape index (κ3) is 4.76. The maximum Gasteiger partial charge on any atom is 0.261 e. The van der Waals surface area contributed by atoms with Gasteiger partial charge in [-0.1, -0.05) is 23.2 Å². The Bertz CT molecular complexity index is 627. The smallest absolute Gasteiger partial charge is 0.261 e. The molecule has 21 heavy (non-hydrogen) atoms. The van der Waals surface area contributed by atoms with Gasteiger partial charge >= 0.3 is 0 Å². The Morgan fingerprint density at radius 2 is 1.95 bits per heavy atom. The molecule has 2 rings (SSSR count). The molecule has 0 aromatic heterocycles. The second kappa shape index (κ2) is 6.42. The lowest BCUT2D eigenvalue weighted by atomic mass is 10.2. The Morgan fingerprint density at radius 1 is 1.33 bits per heavy atom. The molecule has 5 nitrogen and oxygen atoms in total. The van der Waals surface area contributed by atoms with Crippen molar-refractivity contribution in [2.45, 2.75) is 25.5 Å². The number of hydrogen-bond donors (Lipinski definition) is 1. The number of rotatable bonds is 4. The zero-order chi connectivity index (χ0) is 15.6. The summed E-state index contributed by atoms with van der Waals surface area (Å²) in [5, 5.41) is 3.49. The molecule has 1 fully saturated rings. The molecule has 0 bridgehead atoms. The number of nitrogens with one attached hydrogen (secondary N) is 1. The number of ether oxygens (including phenoxy) is 1. The van der Waals surface area contributed by atoms with E-state index >= 15 is 0 Å². The van der Waals surface area contributed by atoms with Crippen molar-refractivity contribution in [2.75, 3.05) is 11.5 Å². The van der Waals surface area contributed by atoms with Crippen molar-refractivity contribution in [3.63, 3.8) is 0 Å². The van der Waals surface area contributed by atoms with Crippen molar-refractivity contribution in [1.29, 1.82) is 0 Å². The number of carbonyl (C=O) groups excluding carboxylic acids is 1. The minimum atomic E-state index is -3.03. The summed E-state index contributed by atoms with van der Waals surface area (Å²) in [6.45, 7) is 1.58. The number of halogens is 2. The van der Waals surface area contributed by atoms with Crippen LogP contribution in [0.1, 0.15) is 13.3 Å². The van der Waals surface area contributed by atoms with E-state index in [-0.39, 0.29) is 23.5 Å². The van der Waals surface area contributed by atoms with E-state index in [9.17, 15) is 13.2 Å². The van der Waals surface area contributed by atoms with E-state index in [0.29, 0.717) is 22.2 Å². The van der Waals surface area contributed by atoms with Gasteiger partial charge in [-0.3, -0.25) is 4.79 Å². The molecule has 2 unspecified atom stereocenters. The Labute approximate surface area is 133 Å². The first kappa shape index (κ1) is 16.4. The third-order valence-electron chi connectivity index (χ3n) is 3.10. The lowest BCUT2D eigenvalue weighted by Crippen LogP contribution is -2.43. The summed E-state index contributed by atoms with van der Waals surface area (Å²) in [6, 6.07) is 4.31. The highest BCUT2D eigenvalue weighted by atomic mass is 35.5. The maximum atomic E-state index is 12.0. The number of sulfone groups is 1. The van der Waals surface area contributed by atoms with Crippen LogP contribution in [0.15, 0.2) is 18.2 Å². The van der Waals surface area contributed by atoms with Crippen LogP contribution in [0.3, 0.4) is 0 Å². The molecule has 8 heteroatoms. The molecule has 0 spiro atoms. The topological polar surface area (TPSA) is 72.5 Å². The van der Waals surface area contributed by atoms with Crippen molar-refractivity contribution < 1.29 is 17.9 Å². The molecule has 0 aliphatic carbocycles. The van der Waals surface area contributed by atoms with Crippen molar-refractivity contribution in [1.82, 2.24) is 5.32 Å². The van der Waals surface area contributed by atoms with Gasteiger partial charge in [0, 0.05) is 16.1 Å². The first-order chi connectivity index (χ1) is 9.75. The molecule has 1 aliphatic heterocycles. The average Bonchev–Trinajstić information content (AvgIpc) is 2.67. The average molecular weight is 352 g/mol. The number of benzene rings is 1. The predicted molar refractivity (Wildman–Crippen MR) is 81.8 cm³/mol. The second-order valence-corrected chi connectivity index (χ2v) is 8.08. The van der Waals surface area contributed by atoms with E-state index in [2.05, 4.69) is 5.32 Å². The van der Waals surface area contributed by atoms with E-state index in [4.69, 9.17) is 27.9 Å². The van der Waals surface area contributed by atoms with Crippen LogP contribution in [0, 0.1) is 0 Å². The molecule has 1 saturated heterocycles. The summed E-state index contributed by atoms with van der Waals surface area (Å²) in [5.41, 5.74) is 0. The first-order valence-corrected chi connectivity index (χ1v) is 8.96. The van der Waals surface area contributed by atoms with Crippen LogP contribution in [0.25, 0.3) is 0 Å². The molecule has 2 atom stereocenters. The monoisotopic (exact) mass is 351 g/mol. The number of carbonyl (C=O) groups is 1. The second-order valence-electron chi connectivity index (χ2n) is 4.97. The molecule has 1 aromatic carbocycles. The highest BCUT2D eigenvalue weighted by molar-refractivity contribution is 7.91. The molecule has 1 aliphatic rings. The quantitative estimate of drug-likeness (QED) is 0.900. The van der Waals surface area contributed by atoms with Crippen molar-refractivity contribution in [3.8, 4) is 5.75 Å². The van der Waals surface area contributed by atoms with Gasteiger partial charge in [0.15, 0.2) is 15.9 Å². The standard InChI is InChI=1S/C13H15Cl2NO4S/c1-8(20-12-5-9(14)4-10(15)6-12)13(17)16-11-2-3-21(18,19)7-11/h4-6,8,11H,2-3,7H2,1H3,(H,16,17). The lowest BCUT2D eigenvalue weighted by Gasteiger charge is -2.17. The van der Waals surface area contributed by atoms with Gasteiger partial charge in [-0.25, -0.2) is 8.42 Å². The number of hydrogen-bond acceptors (Lipinski definition) is 4. The van der Waals surface area contributed by atoms with Crippen LogP contribution in [0.2, 0.25) is 10.0 Å². The molecule has 1 amide bonds. The van der Waals surface area contributed by atoms with E-state index in [1.54, 1.807) is 25.1 Å². The SMILES string of the molecule is CC(Oc1cc(Cl)cc(Cl)c1)C(=O)NC1CCS(=O)(=O)C1. The highest BCUT2D eigenvalue weighted by Crippen LogP contribution is 2.25. The van der Waals surface area contributed by atoms with E-state index in [1.807, 2.05) is 0 Å². The molecule has 1 aromatic rings. The Kier molecular flexibility index (Phi) is 5.01. The van der Waals surface area contributed by atoms with Crippen LogP contribution in [0.5, 0.6) is 5.75 Å². The highest BCUT2D eigenvalue weighted by Gasteiger charge is 2.30. The Morgan fingerprint density at radius 3 is 2.48 bits per heavy atom. The molecule has 1 N–H and O–H groups in total. The summed E-state index contributed by atoms with van der Waals surface area (Å²) >= 11 is 11.7. The van der Waals surface area contributed by atoms with Gasteiger partial charge in [-0.2, -0.15) is 0 Å². The van der Waals surface area contributed by atoms with Gasteiger partial charge in [0.25, 0.3) is 5.91 Å². The molecular weight excluding hydrogens is 337 g/mol. The van der Waals surface area contributed by atoms with Gasteiger partial charge in [-0.15, -0.1) is 0 Å². The van der Waals surface area contributed by atoms with Crippen molar-refractivity contribution in [2.24, 2.45) is 0 Å². The van der Waals surface area contributed by atoms with E-state index < -0.39 is 15.9 Å². The summed E-state index contributed by atoms with van der Waals surface area (Å²) in [7, 11) is -3.03. The largest absolute Gasteiger partial charge is 0.481 e. The maximum absolute atomic E-state index is 12.0. The summed E-state index contributed by atoms with van der Waals surface area (Å²) in [4.78, 5) is 12.0. The lowest BCUT2D eigenvalue weighted by molar-refractivity contribution is -0.127. The fourth-order valence-electron chi connectivity index (χ4n) is 2.08. The summed E-state index contributed by atoms with van der Waals surface area (Å²) < 4.78 is 28.2. The zero-order valence-electron chi connectivity index (χ0n) is 11.3. The van der Waals surface area contributed by atoms with Crippen LogP contribution < -0.4 is 10.1 Å². The third-order valence-corrected chi connectivity index (χ3v) is 5.30. The first-order valence-electron chi connectivity index (χ1n) is 6.39. The normalized spacial score (nSPS) is 21.8. The van der Waals surface area contributed by atoms with Gasteiger partial charge in [-0.05, 0) is 31.5 Å².